The highest BCUT2D eigenvalue weighted by Gasteiger charge is 2.12. The second-order valence-corrected chi connectivity index (χ2v) is 4.57. The Morgan fingerprint density at radius 1 is 1.23 bits per heavy atom. The molecule has 1 rings (SSSR count). The minimum Gasteiger partial charge on any atom is -0.396 e. The van der Waals surface area contributed by atoms with Gasteiger partial charge in [0.2, 0.25) is 0 Å². The van der Waals surface area contributed by atoms with Gasteiger partial charge in [-0.15, -0.1) is 11.8 Å². The van der Waals surface area contributed by atoms with Crippen molar-refractivity contribution in [2.24, 2.45) is 0 Å². The summed E-state index contributed by atoms with van der Waals surface area (Å²) in [6.45, 7) is 3.83. The van der Waals surface area contributed by atoms with Crippen molar-refractivity contribution < 1.29 is 8.78 Å². The lowest BCUT2D eigenvalue weighted by Gasteiger charge is -2.07. The van der Waals surface area contributed by atoms with Gasteiger partial charge in [0.25, 0.3) is 0 Å². The first-order valence-electron chi connectivity index (χ1n) is 3.92. The lowest BCUT2D eigenvalue weighted by molar-refractivity contribution is 0.495. The van der Waals surface area contributed by atoms with Crippen LogP contribution in [0.5, 0.6) is 0 Å². The lowest BCUT2D eigenvalue weighted by Crippen LogP contribution is -1.97. The molecule has 1 aromatic carbocycles. The van der Waals surface area contributed by atoms with Crippen molar-refractivity contribution in [3.63, 3.8) is 0 Å². The van der Waals surface area contributed by atoms with E-state index in [1.165, 1.54) is 23.9 Å². The van der Waals surface area contributed by atoms with Crippen molar-refractivity contribution in [2.75, 3.05) is 5.73 Å². The molecule has 0 heterocycles. The van der Waals surface area contributed by atoms with E-state index in [1.807, 2.05) is 13.8 Å². The topological polar surface area (TPSA) is 26.0 Å². The summed E-state index contributed by atoms with van der Waals surface area (Å²) < 4.78 is 26.1. The smallest absolute Gasteiger partial charge is 0.182 e. The van der Waals surface area contributed by atoms with E-state index in [2.05, 4.69) is 0 Å². The Morgan fingerprint density at radius 2 is 1.85 bits per heavy atom. The van der Waals surface area contributed by atoms with Crippen LogP contribution in [-0.2, 0) is 0 Å². The summed E-state index contributed by atoms with van der Waals surface area (Å²) in [6, 6.07) is 2.88. The number of anilines is 1. The first-order chi connectivity index (χ1) is 6.02. The summed E-state index contributed by atoms with van der Waals surface area (Å²) in [5, 5.41) is 0.220. The van der Waals surface area contributed by atoms with E-state index >= 15 is 0 Å². The van der Waals surface area contributed by atoms with Crippen molar-refractivity contribution in [3.8, 4) is 0 Å². The van der Waals surface area contributed by atoms with E-state index in [4.69, 9.17) is 5.73 Å². The van der Waals surface area contributed by atoms with Crippen LogP contribution in [0.15, 0.2) is 17.0 Å². The molecule has 0 spiro atoms. The highest BCUT2D eigenvalue weighted by Crippen LogP contribution is 2.29. The van der Waals surface area contributed by atoms with E-state index in [9.17, 15) is 8.78 Å². The fourth-order valence-corrected chi connectivity index (χ4v) is 1.74. The molecule has 0 amide bonds. The van der Waals surface area contributed by atoms with Crippen molar-refractivity contribution in [2.45, 2.75) is 24.0 Å². The molecule has 0 saturated carbocycles. The number of nitrogens with two attached hydrogens (primary N) is 1. The predicted octanol–water partition coefficient (Wildman–Crippen LogP) is 3.05. The summed E-state index contributed by atoms with van der Waals surface area (Å²) in [7, 11) is 0. The van der Waals surface area contributed by atoms with Gasteiger partial charge < -0.3 is 5.73 Å². The first-order valence-corrected chi connectivity index (χ1v) is 4.80. The summed E-state index contributed by atoms with van der Waals surface area (Å²) in [5.74, 6) is -1.80. The number of hydrogen-bond acceptors (Lipinski definition) is 2. The minimum atomic E-state index is -0.953. The van der Waals surface area contributed by atoms with Crippen LogP contribution in [0.2, 0.25) is 0 Å². The maximum Gasteiger partial charge on any atom is 0.182 e. The second kappa shape index (κ2) is 3.96. The van der Waals surface area contributed by atoms with Crippen LogP contribution in [0.4, 0.5) is 14.5 Å². The third kappa shape index (κ3) is 2.34. The number of benzene rings is 1. The maximum atomic E-state index is 13.1. The number of rotatable bonds is 2. The largest absolute Gasteiger partial charge is 0.396 e. The highest BCUT2D eigenvalue weighted by atomic mass is 32.2. The normalized spacial score (nSPS) is 10.8. The first kappa shape index (κ1) is 10.3. The molecule has 0 saturated heterocycles. The van der Waals surface area contributed by atoms with E-state index in [0.29, 0.717) is 4.90 Å². The Morgan fingerprint density at radius 3 is 2.38 bits per heavy atom. The molecule has 0 radical (unpaired) electrons. The molecule has 0 unspecified atom stereocenters. The van der Waals surface area contributed by atoms with Gasteiger partial charge in [-0.2, -0.15) is 0 Å². The minimum absolute atomic E-state index is 0.148. The van der Waals surface area contributed by atoms with Crippen molar-refractivity contribution in [1.29, 1.82) is 0 Å². The van der Waals surface area contributed by atoms with Gasteiger partial charge in [-0.05, 0) is 12.1 Å². The van der Waals surface area contributed by atoms with Crippen LogP contribution < -0.4 is 5.73 Å². The van der Waals surface area contributed by atoms with E-state index in [0.717, 1.165) is 0 Å². The standard InChI is InChI=1S/C9H11F2NS/c1-5(2)13-7-4-3-6(12)8(10)9(7)11/h3-5H,12H2,1-2H3. The van der Waals surface area contributed by atoms with Gasteiger partial charge >= 0.3 is 0 Å². The lowest BCUT2D eigenvalue weighted by atomic mass is 10.3. The van der Waals surface area contributed by atoms with Gasteiger partial charge in [0.05, 0.1) is 5.69 Å². The van der Waals surface area contributed by atoms with Crippen LogP contribution in [0.25, 0.3) is 0 Å². The third-order valence-electron chi connectivity index (χ3n) is 1.44. The third-order valence-corrected chi connectivity index (χ3v) is 2.48. The van der Waals surface area contributed by atoms with E-state index in [-0.39, 0.29) is 10.9 Å². The molecule has 4 heteroatoms. The Labute approximate surface area is 80.3 Å². The molecule has 72 valence electrons. The summed E-state index contributed by atoms with van der Waals surface area (Å²) in [4.78, 5) is 0.307. The van der Waals surface area contributed by atoms with E-state index in [1.54, 1.807) is 0 Å². The molecule has 0 aliphatic carbocycles. The molecular formula is C9H11F2NS. The number of nitrogen functional groups attached to an aromatic ring is 1. The number of hydrogen-bond donors (Lipinski definition) is 1. The van der Waals surface area contributed by atoms with Crippen LogP contribution in [-0.4, -0.2) is 5.25 Å². The summed E-state index contributed by atoms with van der Waals surface area (Å²) >= 11 is 1.28. The number of halogens is 2. The molecule has 0 fully saturated rings. The molecule has 0 aliphatic rings. The molecule has 0 aromatic heterocycles. The SMILES string of the molecule is CC(C)Sc1ccc(N)c(F)c1F. The zero-order valence-corrected chi connectivity index (χ0v) is 8.29. The van der Waals surface area contributed by atoms with Crippen molar-refractivity contribution >= 4 is 17.4 Å². The van der Waals surface area contributed by atoms with E-state index < -0.39 is 11.6 Å². The van der Waals surface area contributed by atoms with Crippen LogP contribution in [0, 0.1) is 11.6 Å². The van der Waals surface area contributed by atoms with Gasteiger partial charge in [-0.3, -0.25) is 0 Å². The zero-order valence-electron chi connectivity index (χ0n) is 7.47. The summed E-state index contributed by atoms with van der Waals surface area (Å²) in [5.41, 5.74) is 5.05. The molecule has 13 heavy (non-hydrogen) atoms. The van der Waals surface area contributed by atoms with Gasteiger partial charge in [0.1, 0.15) is 0 Å². The Balaban J connectivity index is 3.04. The number of thioether (sulfide) groups is 1. The fourth-order valence-electron chi connectivity index (χ4n) is 0.892. The van der Waals surface area contributed by atoms with Gasteiger partial charge in [-0.25, -0.2) is 8.78 Å². The average Bonchev–Trinajstić information content (AvgIpc) is 2.06. The highest BCUT2D eigenvalue weighted by molar-refractivity contribution is 7.99. The summed E-state index contributed by atoms with van der Waals surface area (Å²) in [6.07, 6.45) is 0. The molecule has 0 aliphatic heterocycles. The van der Waals surface area contributed by atoms with Crippen molar-refractivity contribution in [1.82, 2.24) is 0 Å². The fraction of sp³-hybridized carbons (Fsp3) is 0.333. The maximum absolute atomic E-state index is 13.1. The van der Waals surface area contributed by atoms with Gasteiger partial charge in [-0.1, -0.05) is 13.8 Å². The predicted molar refractivity (Wildman–Crippen MR) is 51.8 cm³/mol. The Kier molecular flexibility index (Phi) is 3.14. The molecular weight excluding hydrogens is 192 g/mol. The van der Waals surface area contributed by atoms with Gasteiger partial charge in [0, 0.05) is 10.1 Å². The van der Waals surface area contributed by atoms with Crippen LogP contribution in [0.3, 0.4) is 0 Å². The molecule has 0 bridgehead atoms. The Bertz CT molecular complexity index is 313. The molecule has 1 nitrogen and oxygen atoms in total. The quantitative estimate of drug-likeness (QED) is 0.590. The van der Waals surface area contributed by atoms with Crippen molar-refractivity contribution in [3.05, 3.63) is 23.8 Å². The molecule has 2 N–H and O–H groups in total. The Hall–Kier alpha value is -0.770. The zero-order chi connectivity index (χ0) is 10.0. The van der Waals surface area contributed by atoms with Gasteiger partial charge in [0.15, 0.2) is 11.6 Å². The second-order valence-electron chi connectivity index (χ2n) is 2.95. The monoisotopic (exact) mass is 203 g/mol. The molecule has 1 aromatic rings. The molecule has 0 atom stereocenters. The average molecular weight is 203 g/mol. The van der Waals surface area contributed by atoms with Crippen LogP contribution in [0.1, 0.15) is 13.8 Å². The van der Waals surface area contributed by atoms with Crippen LogP contribution >= 0.6 is 11.8 Å².